The average Bonchev–Trinajstić information content (AvgIpc) is 2.78. The number of unbranched alkanes of at least 4 members (excludes halogenated alkanes) is 2. The van der Waals surface area contributed by atoms with E-state index in [-0.39, 0.29) is 6.03 Å². The van der Waals surface area contributed by atoms with Gasteiger partial charge in [-0.2, -0.15) is 0 Å². The molecule has 0 saturated carbocycles. The summed E-state index contributed by atoms with van der Waals surface area (Å²) >= 11 is 0. The number of piperidine rings is 1. The molecule has 1 saturated heterocycles. The Bertz CT molecular complexity index is 881. The first-order valence-corrected chi connectivity index (χ1v) is 12.1. The van der Waals surface area contributed by atoms with Gasteiger partial charge in [-0.25, -0.2) is 4.79 Å². The zero-order valence-corrected chi connectivity index (χ0v) is 20.1. The first-order valence-electron chi connectivity index (χ1n) is 12.1. The summed E-state index contributed by atoms with van der Waals surface area (Å²) < 4.78 is 6.16. The SMILES string of the molecule is CCCCCNC(=O)Nc1cccc(Oc2ccc(N3CCCC(C(C)C)C3)cc2C)c1. The summed E-state index contributed by atoms with van der Waals surface area (Å²) in [5, 5.41) is 5.78. The summed E-state index contributed by atoms with van der Waals surface area (Å²) in [6, 6.07) is 13.8. The van der Waals surface area contributed by atoms with Gasteiger partial charge in [-0.05, 0) is 73.9 Å². The highest BCUT2D eigenvalue weighted by molar-refractivity contribution is 5.89. The van der Waals surface area contributed by atoms with E-state index in [9.17, 15) is 4.79 Å². The minimum atomic E-state index is -0.181. The molecule has 0 bridgehead atoms. The van der Waals surface area contributed by atoms with Crippen molar-refractivity contribution in [1.29, 1.82) is 0 Å². The monoisotopic (exact) mass is 437 g/mol. The van der Waals surface area contributed by atoms with Gasteiger partial charge in [-0.3, -0.25) is 0 Å². The summed E-state index contributed by atoms with van der Waals surface area (Å²) in [7, 11) is 0. The summed E-state index contributed by atoms with van der Waals surface area (Å²) in [5.74, 6) is 3.04. The quantitative estimate of drug-likeness (QED) is 0.416. The van der Waals surface area contributed by atoms with E-state index in [0.29, 0.717) is 12.3 Å². The zero-order valence-electron chi connectivity index (χ0n) is 20.1. The molecule has 0 radical (unpaired) electrons. The molecule has 3 rings (SSSR count). The summed E-state index contributed by atoms with van der Waals surface area (Å²) in [5.41, 5.74) is 3.11. The van der Waals surface area contributed by atoms with Crippen LogP contribution in [0.25, 0.3) is 0 Å². The van der Waals surface area contributed by atoms with Crippen LogP contribution in [0.2, 0.25) is 0 Å². The van der Waals surface area contributed by atoms with Gasteiger partial charge in [-0.1, -0.05) is 39.7 Å². The Morgan fingerprint density at radius 2 is 2.03 bits per heavy atom. The molecule has 1 unspecified atom stereocenters. The van der Waals surface area contributed by atoms with Gasteiger partial charge in [0.25, 0.3) is 0 Å². The first-order chi connectivity index (χ1) is 15.5. The van der Waals surface area contributed by atoms with E-state index in [1.165, 1.54) is 18.5 Å². The maximum absolute atomic E-state index is 12.1. The number of ether oxygens (including phenoxy) is 1. The van der Waals surface area contributed by atoms with Crippen LogP contribution >= 0.6 is 0 Å². The second-order valence-corrected chi connectivity index (χ2v) is 9.26. The molecule has 5 heteroatoms. The van der Waals surface area contributed by atoms with Gasteiger partial charge < -0.3 is 20.3 Å². The number of benzene rings is 2. The lowest BCUT2D eigenvalue weighted by atomic mass is 9.87. The van der Waals surface area contributed by atoms with Crippen LogP contribution in [0, 0.1) is 18.8 Å². The molecule has 1 atom stereocenters. The fourth-order valence-corrected chi connectivity index (χ4v) is 4.25. The van der Waals surface area contributed by atoms with Gasteiger partial charge in [-0.15, -0.1) is 0 Å². The normalized spacial score (nSPS) is 16.2. The van der Waals surface area contributed by atoms with Crippen LogP contribution in [-0.2, 0) is 0 Å². The Morgan fingerprint density at radius 1 is 1.19 bits per heavy atom. The van der Waals surface area contributed by atoms with Crippen LogP contribution in [0.15, 0.2) is 42.5 Å². The molecule has 32 heavy (non-hydrogen) atoms. The lowest BCUT2D eigenvalue weighted by Crippen LogP contribution is -2.37. The molecule has 2 N–H and O–H groups in total. The number of amides is 2. The Morgan fingerprint density at radius 3 is 2.78 bits per heavy atom. The summed E-state index contributed by atoms with van der Waals surface area (Å²) in [6.45, 7) is 11.8. The molecule has 0 aromatic heterocycles. The van der Waals surface area contributed by atoms with Crippen molar-refractivity contribution < 1.29 is 9.53 Å². The van der Waals surface area contributed by atoms with E-state index < -0.39 is 0 Å². The molecular weight excluding hydrogens is 398 g/mol. The Balaban J connectivity index is 1.60. The highest BCUT2D eigenvalue weighted by Gasteiger charge is 2.22. The molecule has 0 spiro atoms. The van der Waals surface area contributed by atoms with Crippen LogP contribution < -0.4 is 20.3 Å². The average molecular weight is 438 g/mol. The first kappa shape index (κ1) is 24.0. The van der Waals surface area contributed by atoms with Gasteiger partial charge >= 0.3 is 6.03 Å². The fourth-order valence-electron chi connectivity index (χ4n) is 4.25. The van der Waals surface area contributed by atoms with Crippen molar-refractivity contribution in [2.75, 3.05) is 29.9 Å². The Hall–Kier alpha value is -2.69. The van der Waals surface area contributed by atoms with Crippen molar-refractivity contribution in [3.63, 3.8) is 0 Å². The van der Waals surface area contributed by atoms with E-state index in [2.05, 4.69) is 61.4 Å². The second kappa shape index (κ2) is 11.8. The maximum Gasteiger partial charge on any atom is 0.319 e. The topological polar surface area (TPSA) is 53.6 Å². The minimum absolute atomic E-state index is 0.181. The van der Waals surface area contributed by atoms with Gasteiger partial charge in [0, 0.05) is 37.1 Å². The van der Waals surface area contributed by atoms with E-state index in [0.717, 1.165) is 61.2 Å². The minimum Gasteiger partial charge on any atom is -0.457 e. The molecule has 1 aliphatic rings. The standard InChI is InChI=1S/C27H39N3O2/c1-5-6-7-15-28-27(31)29-23-11-8-12-25(18-23)32-26-14-13-24(17-21(26)4)30-16-9-10-22(19-30)20(2)3/h8,11-14,17-18,20,22H,5-7,9-10,15-16,19H2,1-4H3,(H2,28,29,31). The molecule has 2 aromatic carbocycles. The predicted octanol–water partition coefficient (Wildman–Crippen LogP) is 6.97. The molecule has 1 heterocycles. The third-order valence-corrected chi connectivity index (χ3v) is 6.31. The number of rotatable bonds is 9. The number of aryl methyl sites for hydroxylation is 1. The van der Waals surface area contributed by atoms with Crippen LogP contribution in [0.1, 0.15) is 58.4 Å². The molecule has 1 aliphatic heterocycles. The smallest absolute Gasteiger partial charge is 0.319 e. The lowest BCUT2D eigenvalue weighted by Gasteiger charge is -2.36. The van der Waals surface area contributed by atoms with Crippen molar-refractivity contribution in [2.24, 2.45) is 11.8 Å². The molecule has 174 valence electrons. The van der Waals surface area contributed by atoms with E-state index in [1.54, 1.807) is 0 Å². The van der Waals surface area contributed by atoms with Crippen LogP contribution in [0.4, 0.5) is 16.2 Å². The maximum atomic E-state index is 12.1. The predicted molar refractivity (Wildman–Crippen MR) is 134 cm³/mol. The van der Waals surface area contributed by atoms with Gasteiger partial charge in [0.05, 0.1) is 0 Å². The summed E-state index contributed by atoms with van der Waals surface area (Å²) in [4.78, 5) is 14.6. The third-order valence-electron chi connectivity index (χ3n) is 6.31. The number of hydrogen-bond donors (Lipinski definition) is 2. The molecule has 2 aromatic rings. The molecule has 2 amide bonds. The van der Waals surface area contributed by atoms with E-state index in [1.807, 2.05) is 24.3 Å². The second-order valence-electron chi connectivity index (χ2n) is 9.26. The van der Waals surface area contributed by atoms with Gasteiger partial charge in [0.15, 0.2) is 0 Å². The van der Waals surface area contributed by atoms with Crippen molar-refractivity contribution in [2.45, 2.75) is 59.8 Å². The number of anilines is 2. The Kier molecular flexibility index (Phi) is 8.83. The number of hydrogen-bond acceptors (Lipinski definition) is 3. The number of nitrogens with one attached hydrogen (secondary N) is 2. The van der Waals surface area contributed by atoms with Gasteiger partial charge in [0.2, 0.25) is 0 Å². The lowest BCUT2D eigenvalue weighted by molar-refractivity contribution is 0.252. The van der Waals surface area contributed by atoms with E-state index >= 15 is 0 Å². The number of carbonyl (C=O) groups is 1. The third kappa shape index (κ3) is 6.91. The largest absolute Gasteiger partial charge is 0.457 e. The summed E-state index contributed by atoms with van der Waals surface area (Å²) in [6.07, 6.45) is 5.84. The Labute approximate surface area is 193 Å². The fraction of sp³-hybridized carbons (Fsp3) is 0.519. The number of nitrogens with zero attached hydrogens (tertiary/aromatic N) is 1. The van der Waals surface area contributed by atoms with Gasteiger partial charge in [0.1, 0.15) is 11.5 Å². The van der Waals surface area contributed by atoms with Crippen LogP contribution in [-0.4, -0.2) is 25.7 Å². The number of carbonyl (C=O) groups excluding carboxylic acids is 1. The van der Waals surface area contributed by atoms with Crippen molar-refractivity contribution in [3.8, 4) is 11.5 Å². The molecule has 1 fully saturated rings. The van der Waals surface area contributed by atoms with Crippen molar-refractivity contribution in [1.82, 2.24) is 5.32 Å². The van der Waals surface area contributed by atoms with Crippen LogP contribution in [0.3, 0.4) is 0 Å². The molecule has 5 nitrogen and oxygen atoms in total. The van der Waals surface area contributed by atoms with Crippen molar-refractivity contribution in [3.05, 3.63) is 48.0 Å². The van der Waals surface area contributed by atoms with Crippen LogP contribution in [0.5, 0.6) is 11.5 Å². The van der Waals surface area contributed by atoms with E-state index in [4.69, 9.17) is 4.74 Å². The number of urea groups is 1. The van der Waals surface area contributed by atoms with Crippen molar-refractivity contribution >= 4 is 17.4 Å². The zero-order chi connectivity index (χ0) is 22.9. The molecular formula is C27H39N3O2. The molecule has 0 aliphatic carbocycles. The highest BCUT2D eigenvalue weighted by Crippen LogP contribution is 2.32. The highest BCUT2D eigenvalue weighted by atomic mass is 16.5.